The summed E-state index contributed by atoms with van der Waals surface area (Å²) in [7, 11) is 1.78. The van der Waals surface area contributed by atoms with Gasteiger partial charge in [-0.25, -0.2) is 0 Å². The molecule has 0 saturated carbocycles. The lowest BCUT2D eigenvalue weighted by Crippen LogP contribution is -2.30. The zero-order valence-corrected chi connectivity index (χ0v) is 15.2. The number of aryl methyl sites for hydroxylation is 1. The second-order valence-corrected chi connectivity index (χ2v) is 6.75. The van der Waals surface area contributed by atoms with E-state index in [0.717, 1.165) is 11.4 Å². The maximum atomic E-state index is 12.5. The Kier molecular flexibility index (Phi) is 5.23. The molecule has 130 valence electrons. The van der Waals surface area contributed by atoms with Crippen molar-refractivity contribution in [2.75, 3.05) is 12.8 Å². The molecule has 0 fully saturated rings. The Bertz CT molecular complexity index is 827. The van der Waals surface area contributed by atoms with E-state index in [1.54, 1.807) is 24.5 Å². The molecule has 0 bridgehead atoms. The van der Waals surface area contributed by atoms with Crippen LogP contribution in [0.5, 0.6) is 0 Å². The quantitative estimate of drug-likeness (QED) is 0.633. The van der Waals surface area contributed by atoms with Gasteiger partial charge in [-0.05, 0) is 38.1 Å². The first kappa shape index (κ1) is 17.3. The largest absolute Gasteiger partial charge is 0.467 e. The van der Waals surface area contributed by atoms with Crippen molar-refractivity contribution in [1.82, 2.24) is 19.7 Å². The van der Waals surface area contributed by atoms with E-state index in [1.807, 2.05) is 54.8 Å². The highest BCUT2D eigenvalue weighted by Crippen LogP contribution is 2.23. The molecule has 25 heavy (non-hydrogen) atoms. The lowest BCUT2D eigenvalue weighted by atomic mass is 10.2. The molecule has 3 aromatic rings. The van der Waals surface area contributed by atoms with Crippen molar-refractivity contribution in [1.29, 1.82) is 0 Å². The molecule has 0 aliphatic rings. The van der Waals surface area contributed by atoms with Gasteiger partial charge in [-0.2, -0.15) is 0 Å². The van der Waals surface area contributed by atoms with Crippen molar-refractivity contribution >= 4 is 17.7 Å². The number of thioether (sulfide) groups is 1. The van der Waals surface area contributed by atoms with Gasteiger partial charge in [0.2, 0.25) is 5.91 Å². The Morgan fingerprint density at radius 2 is 2.08 bits per heavy atom. The highest BCUT2D eigenvalue weighted by molar-refractivity contribution is 7.99. The summed E-state index contributed by atoms with van der Waals surface area (Å²) in [6.07, 6.45) is 3.27. The molecule has 0 aliphatic heterocycles. The molecule has 1 atom stereocenters. The minimum Gasteiger partial charge on any atom is -0.467 e. The summed E-state index contributed by atoms with van der Waals surface area (Å²) in [6, 6.07) is 11.7. The van der Waals surface area contributed by atoms with Gasteiger partial charge < -0.3 is 9.32 Å². The van der Waals surface area contributed by atoms with Crippen molar-refractivity contribution in [3.8, 4) is 5.69 Å². The van der Waals surface area contributed by atoms with Gasteiger partial charge in [0, 0.05) is 12.7 Å². The van der Waals surface area contributed by atoms with Crippen molar-refractivity contribution in [2.24, 2.45) is 0 Å². The first-order valence-corrected chi connectivity index (χ1v) is 8.93. The molecule has 0 N–H and O–H groups in total. The third-order valence-corrected chi connectivity index (χ3v) is 5.01. The van der Waals surface area contributed by atoms with Gasteiger partial charge in [0.15, 0.2) is 5.16 Å². The minimum absolute atomic E-state index is 0.00681. The fourth-order valence-electron chi connectivity index (χ4n) is 2.37. The number of amides is 1. The predicted octanol–water partition coefficient (Wildman–Crippen LogP) is 3.48. The number of furan rings is 1. The molecule has 1 aromatic carbocycles. The van der Waals surface area contributed by atoms with Crippen LogP contribution in [0, 0.1) is 6.92 Å². The third-order valence-electron chi connectivity index (χ3n) is 4.08. The zero-order valence-electron chi connectivity index (χ0n) is 14.4. The van der Waals surface area contributed by atoms with E-state index in [-0.39, 0.29) is 17.7 Å². The fourth-order valence-corrected chi connectivity index (χ4v) is 3.22. The molecule has 1 unspecified atom stereocenters. The topological polar surface area (TPSA) is 64.2 Å². The molecule has 3 rings (SSSR count). The summed E-state index contributed by atoms with van der Waals surface area (Å²) in [4.78, 5) is 14.2. The van der Waals surface area contributed by atoms with E-state index in [9.17, 15) is 4.79 Å². The van der Waals surface area contributed by atoms with E-state index in [2.05, 4.69) is 10.2 Å². The SMILES string of the molecule is Cc1ccc(-n2cnnc2SCC(=O)N(C)C(C)c2ccco2)cc1. The van der Waals surface area contributed by atoms with Crippen LogP contribution in [-0.4, -0.2) is 38.4 Å². The third kappa shape index (κ3) is 3.93. The van der Waals surface area contributed by atoms with E-state index in [0.29, 0.717) is 5.16 Å². The van der Waals surface area contributed by atoms with Crippen LogP contribution in [0.2, 0.25) is 0 Å². The van der Waals surface area contributed by atoms with E-state index in [1.165, 1.54) is 17.3 Å². The Balaban J connectivity index is 1.65. The Morgan fingerprint density at radius 3 is 2.76 bits per heavy atom. The highest BCUT2D eigenvalue weighted by Gasteiger charge is 2.20. The molecule has 7 heteroatoms. The number of nitrogens with zero attached hydrogens (tertiary/aromatic N) is 4. The van der Waals surface area contributed by atoms with Crippen molar-refractivity contribution in [3.05, 3.63) is 60.3 Å². The second-order valence-electron chi connectivity index (χ2n) is 5.80. The van der Waals surface area contributed by atoms with Crippen molar-refractivity contribution in [2.45, 2.75) is 25.0 Å². The van der Waals surface area contributed by atoms with Gasteiger partial charge in [0.05, 0.1) is 18.1 Å². The van der Waals surface area contributed by atoms with Crippen LogP contribution in [0.3, 0.4) is 0 Å². The smallest absolute Gasteiger partial charge is 0.233 e. The maximum Gasteiger partial charge on any atom is 0.233 e. The molecule has 1 amide bonds. The summed E-state index contributed by atoms with van der Waals surface area (Å²) < 4.78 is 7.26. The van der Waals surface area contributed by atoms with E-state index >= 15 is 0 Å². The second kappa shape index (κ2) is 7.57. The fraction of sp³-hybridized carbons (Fsp3) is 0.278. The van der Waals surface area contributed by atoms with Crippen LogP contribution in [-0.2, 0) is 4.79 Å². The summed E-state index contributed by atoms with van der Waals surface area (Å²) in [5.74, 6) is 1.06. The van der Waals surface area contributed by atoms with Crippen LogP contribution in [0.4, 0.5) is 0 Å². The molecule has 0 aliphatic carbocycles. The first-order valence-electron chi connectivity index (χ1n) is 7.95. The number of aromatic nitrogens is 3. The standard InChI is InChI=1S/C18H20N4O2S/c1-13-6-8-15(9-7-13)22-12-19-20-18(22)25-11-17(23)21(3)14(2)16-5-4-10-24-16/h4-10,12,14H,11H2,1-3H3. The molecule has 0 saturated heterocycles. The van der Waals surface area contributed by atoms with Gasteiger partial charge in [-0.3, -0.25) is 9.36 Å². The van der Waals surface area contributed by atoms with Crippen LogP contribution < -0.4 is 0 Å². The van der Waals surface area contributed by atoms with Crippen LogP contribution in [0.25, 0.3) is 5.69 Å². The average molecular weight is 356 g/mol. The van der Waals surface area contributed by atoms with Crippen molar-refractivity contribution < 1.29 is 9.21 Å². The summed E-state index contributed by atoms with van der Waals surface area (Å²) in [6.45, 7) is 3.98. The van der Waals surface area contributed by atoms with Gasteiger partial charge >= 0.3 is 0 Å². The molecular weight excluding hydrogens is 336 g/mol. The lowest BCUT2D eigenvalue weighted by molar-refractivity contribution is -0.129. The maximum absolute atomic E-state index is 12.5. The predicted molar refractivity (Wildman–Crippen MR) is 96.7 cm³/mol. The minimum atomic E-state index is -0.113. The molecule has 2 aromatic heterocycles. The number of benzene rings is 1. The number of carbonyl (C=O) groups excluding carboxylic acids is 1. The Morgan fingerprint density at radius 1 is 1.32 bits per heavy atom. The highest BCUT2D eigenvalue weighted by atomic mass is 32.2. The van der Waals surface area contributed by atoms with Gasteiger partial charge in [0.1, 0.15) is 12.1 Å². The Hall–Kier alpha value is -2.54. The zero-order chi connectivity index (χ0) is 17.8. The van der Waals surface area contributed by atoms with Crippen LogP contribution >= 0.6 is 11.8 Å². The number of hydrogen-bond donors (Lipinski definition) is 0. The van der Waals surface area contributed by atoms with E-state index < -0.39 is 0 Å². The molecule has 2 heterocycles. The summed E-state index contributed by atoms with van der Waals surface area (Å²) in [5.41, 5.74) is 2.16. The van der Waals surface area contributed by atoms with Gasteiger partial charge in [-0.15, -0.1) is 10.2 Å². The van der Waals surface area contributed by atoms with Gasteiger partial charge in [0.25, 0.3) is 0 Å². The molecule has 0 radical (unpaired) electrons. The average Bonchev–Trinajstić information content (AvgIpc) is 3.30. The normalized spacial score (nSPS) is 12.1. The summed E-state index contributed by atoms with van der Waals surface area (Å²) in [5, 5.41) is 8.79. The molecule has 6 nitrogen and oxygen atoms in total. The molecule has 0 spiro atoms. The Labute approximate surface area is 150 Å². The molecular formula is C18H20N4O2S. The summed E-state index contributed by atoms with van der Waals surface area (Å²) >= 11 is 1.37. The monoisotopic (exact) mass is 356 g/mol. The first-order chi connectivity index (χ1) is 12.1. The number of rotatable bonds is 6. The van der Waals surface area contributed by atoms with Crippen molar-refractivity contribution in [3.63, 3.8) is 0 Å². The van der Waals surface area contributed by atoms with E-state index in [4.69, 9.17) is 4.42 Å². The number of carbonyl (C=O) groups is 1. The van der Waals surface area contributed by atoms with Crippen LogP contribution in [0.15, 0.2) is 58.6 Å². The number of hydrogen-bond acceptors (Lipinski definition) is 5. The lowest BCUT2D eigenvalue weighted by Gasteiger charge is -2.23. The van der Waals surface area contributed by atoms with Crippen LogP contribution in [0.1, 0.15) is 24.3 Å². The van der Waals surface area contributed by atoms with Gasteiger partial charge in [-0.1, -0.05) is 29.5 Å².